The monoisotopic (exact) mass is 402 g/mol. The third kappa shape index (κ3) is 19.1. The maximum Gasteiger partial charge on any atom is 1.00 e. The van der Waals surface area contributed by atoms with Gasteiger partial charge < -0.3 is 0 Å². The van der Waals surface area contributed by atoms with Crippen molar-refractivity contribution in [1.82, 2.24) is 0 Å². The summed E-state index contributed by atoms with van der Waals surface area (Å²) in [6.07, 6.45) is 26.7. The van der Waals surface area contributed by atoms with Crippen LogP contribution in [0.15, 0.2) is 0 Å². The molecule has 28 heavy (non-hydrogen) atoms. The Morgan fingerprint density at radius 2 is 0.536 bits per heavy atom. The molecule has 0 unspecified atom stereocenters. The second kappa shape index (κ2) is 24.4. The van der Waals surface area contributed by atoms with Crippen molar-refractivity contribution in [2.75, 3.05) is 0 Å². The Hall–Kier alpha value is 1.13. The molecule has 0 nitrogen and oxygen atoms in total. The molecule has 0 radical (unpaired) electrons. The third-order valence-electron chi connectivity index (χ3n) is 7.18. The van der Waals surface area contributed by atoms with Crippen LogP contribution in [0.4, 0.5) is 0 Å². The van der Waals surface area contributed by atoms with E-state index in [1.807, 2.05) is 0 Å². The molecule has 0 spiro atoms. The molecule has 0 bridgehead atoms. The Kier molecular flexibility index (Phi) is 27.3. The average Bonchev–Trinajstić information content (AvgIpc) is 2.68. The Bertz CT molecular complexity index is 248. The molecule has 0 rings (SSSR count). The summed E-state index contributed by atoms with van der Waals surface area (Å²) in [5.74, 6) is 0. The zero-order valence-electron chi connectivity index (χ0n) is 21.1. The van der Waals surface area contributed by atoms with E-state index in [1.54, 1.807) is 46.8 Å². The van der Waals surface area contributed by atoms with Crippen molar-refractivity contribution in [2.24, 2.45) is 0 Å². The number of hydrogen-bond donors (Lipinski definition) is 0. The van der Waals surface area contributed by atoms with Crippen molar-refractivity contribution in [3.63, 3.8) is 0 Å². The van der Waals surface area contributed by atoms with Crippen LogP contribution in [0.25, 0.3) is 0 Å². The first-order valence-electron chi connectivity index (χ1n) is 13.5. The minimum Gasteiger partial charge on any atom is -0.191 e. The van der Waals surface area contributed by atoms with E-state index in [0.29, 0.717) is 0 Å². The molecule has 0 aliphatic rings. The summed E-state index contributed by atoms with van der Waals surface area (Å²) in [7, 11) is 0. The van der Waals surface area contributed by atoms with E-state index in [1.165, 1.54) is 89.9 Å². The maximum atomic E-state index is 2.36. The fourth-order valence-electron chi connectivity index (χ4n) is 5.24. The first kappa shape index (κ1) is 31.3. The molecule has 0 aliphatic carbocycles. The zero-order valence-corrected chi connectivity index (χ0v) is 22.3. The second-order valence-corrected chi connectivity index (χ2v) is 15.6. The minimum absolute atomic E-state index is 0. The SMILES string of the molecule is CCCCCCC[CH2][Al-]([CH2]CCCCC)([CH2]CCCCC)[CH2]CCCCC.[Li+]. The van der Waals surface area contributed by atoms with Gasteiger partial charge in [-0.15, -0.1) is 0 Å². The predicted octanol–water partition coefficient (Wildman–Crippen LogP) is 7.54. The fraction of sp³-hybridized carbons (Fsp3) is 1.00. The molecule has 0 N–H and O–H groups in total. The molecule has 0 aromatic rings. The molecule has 0 heterocycles. The van der Waals surface area contributed by atoms with Crippen LogP contribution < -0.4 is 18.9 Å². The van der Waals surface area contributed by atoms with E-state index in [4.69, 9.17) is 0 Å². The largest absolute Gasteiger partial charge is 1.00 e. The zero-order chi connectivity index (χ0) is 20.1. The fourth-order valence-corrected chi connectivity index (χ4v) is 11.6. The van der Waals surface area contributed by atoms with Gasteiger partial charge in [0.1, 0.15) is 13.1 Å². The Morgan fingerprint density at radius 1 is 0.321 bits per heavy atom. The molecular weight excluding hydrogens is 346 g/mol. The molecule has 0 saturated carbocycles. The van der Waals surface area contributed by atoms with E-state index in [0.717, 1.165) is 0 Å². The Labute approximate surface area is 195 Å². The summed E-state index contributed by atoms with van der Waals surface area (Å²) in [4.78, 5) is 0. The average molecular weight is 403 g/mol. The number of rotatable bonds is 22. The maximum absolute atomic E-state index is 2.36. The van der Waals surface area contributed by atoms with E-state index < -0.39 is 13.1 Å². The van der Waals surface area contributed by atoms with Gasteiger partial charge in [0.25, 0.3) is 0 Å². The van der Waals surface area contributed by atoms with Crippen molar-refractivity contribution in [2.45, 2.75) is 164 Å². The van der Waals surface area contributed by atoms with Gasteiger partial charge in [0, 0.05) is 0 Å². The second-order valence-electron chi connectivity index (χ2n) is 9.84. The van der Waals surface area contributed by atoms with Gasteiger partial charge in [0.2, 0.25) is 0 Å². The summed E-state index contributed by atoms with van der Waals surface area (Å²) < 4.78 is 0. The van der Waals surface area contributed by atoms with Gasteiger partial charge in [0.05, 0.1) is 0 Å². The number of hydrogen-bond acceptors (Lipinski definition) is 0. The predicted molar refractivity (Wildman–Crippen MR) is 131 cm³/mol. The summed E-state index contributed by atoms with van der Waals surface area (Å²) in [5.41, 5.74) is 0. The summed E-state index contributed by atoms with van der Waals surface area (Å²) >= 11 is -1.36. The van der Waals surface area contributed by atoms with E-state index in [2.05, 4.69) is 27.7 Å². The van der Waals surface area contributed by atoms with E-state index in [-0.39, 0.29) is 18.9 Å². The summed E-state index contributed by atoms with van der Waals surface area (Å²) in [6, 6.07) is 0. The molecule has 0 fully saturated rings. The van der Waals surface area contributed by atoms with Crippen molar-refractivity contribution in [3.05, 3.63) is 0 Å². The van der Waals surface area contributed by atoms with Crippen molar-refractivity contribution in [3.8, 4) is 0 Å². The first-order chi connectivity index (χ1) is 13.2. The number of unbranched alkanes of at least 4 members (excludes halogenated alkanes) is 14. The van der Waals surface area contributed by atoms with Crippen LogP contribution in [0, 0.1) is 0 Å². The van der Waals surface area contributed by atoms with Gasteiger partial charge in [-0.1, -0.05) is 143 Å². The molecule has 0 amide bonds. The van der Waals surface area contributed by atoms with Gasteiger partial charge in [0.15, 0.2) is 0 Å². The topological polar surface area (TPSA) is 0 Å². The van der Waals surface area contributed by atoms with Crippen LogP contribution in [0.3, 0.4) is 0 Å². The van der Waals surface area contributed by atoms with Crippen LogP contribution in [0.1, 0.15) is 143 Å². The summed E-state index contributed by atoms with van der Waals surface area (Å²) in [6.45, 7) is 9.42. The minimum atomic E-state index is -1.36. The normalized spacial score (nSPS) is 11.6. The summed E-state index contributed by atoms with van der Waals surface area (Å²) in [5, 5.41) is 6.78. The quantitative estimate of drug-likeness (QED) is 0.130. The van der Waals surface area contributed by atoms with Gasteiger partial charge >= 0.3 is 18.9 Å². The van der Waals surface area contributed by atoms with Crippen LogP contribution in [-0.2, 0) is 0 Å². The molecule has 0 saturated heterocycles. The smallest absolute Gasteiger partial charge is 0.191 e. The van der Waals surface area contributed by atoms with E-state index in [9.17, 15) is 0 Å². The Morgan fingerprint density at radius 3 is 0.821 bits per heavy atom. The molecule has 0 aliphatic heterocycles. The van der Waals surface area contributed by atoms with Gasteiger partial charge in [-0.2, -0.15) is 21.1 Å². The van der Waals surface area contributed by atoms with Crippen LogP contribution in [-0.4, -0.2) is 13.1 Å². The third-order valence-corrected chi connectivity index (χ3v) is 13.7. The molecule has 0 atom stereocenters. The standard InChI is InChI=1S/C8H17.3C6H13.Al.Li/c1-3-5-7-8-6-4-2;3*1-3-5-6-4-2;;/h1,3-8H2,2H3;3*1,3-6H2,2H3;;/q;;;;-1;+1. The molecular formula is C26H56AlLi. The first-order valence-corrected chi connectivity index (χ1v) is 16.7. The van der Waals surface area contributed by atoms with Crippen LogP contribution in [0.2, 0.25) is 21.1 Å². The molecule has 0 aromatic heterocycles. The molecule has 0 aromatic carbocycles. The van der Waals surface area contributed by atoms with Crippen molar-refractivity contribution < 1.29 is 18.9 Å². The van der Waals surface area contributed by atoms with Gasteiger partial charge in [-0.3, -0.25) is 0 Å². The van der Waals surface area contributed by atoms with E-state index >= 15 is 0 Å². The Balaban J connectivity index is 0. The molecule has 2 heteroatoms. The van der Waals surface area contributed by atoms with Crippen molar-refractivity contribution in [1.29, 1.82) is 0 Å². The van der Waals surface area contributed by atoms with Crippen molar-refractivity contribution >= 4 is 13.1 Å². The van der Waals surface area contributed by atoms with Gasteiger partial charge in [-0.05, 0) is 0 Å². The van der Waals surface area contributed by atoms with Gasteiger partial charge in [-0.25, -0.2) is 0 Å². The molecule has 164 valence electrons. The van der Waals surface area contributed by atoms with Crippen LogP contribution >= 0.6 is 0 Å². The van der Waals surface area contributed by atoms with Crippen LogP contribution in [0.5, 0.6) is 0 Å².